The number of hydrogen-bond acceptors (Lipinski definition) is 3. The van der Waals surface area contributed by atoms with Crippen LogP contribution >= 0.6 is 0 Å². The van der Waals surface area contributed by atoms with Crippen LogP contribution in [0.3, 0.4) is 0 Å². The monoisotopic (exact) mass is 225 g/mol. The van der Waals surface area contributed by atoms with Gasteiger partial charge in [-0.2, -0.15) is 0 Å². The first-order valence-electron chi connectivity index (χ1n) is 5.88. The zero-order valence-electron chi connectivity index (χ0n) is 9.82. The second-order valence-corrected chi connectivity index (χ2v) is 4.69. The molecule has 5 heteroatoms. The van der Waals surface area contributed by atoms with Gasteiger partial charge in [0.1, 0.15) is 6.04 Å². The third-order valence-electron chi connectivity index (χ3n) is 3.50. The van der Waals surface area contributed by atoms with Crippen molar-refractivity contribution in [3.63, 3.8) is 0 Å². The summed E-state index contributed by atoms with van der Waals surface area (Å²) in [7, 11) is 1.61. The van der Waals surface area contributed by atoms with E-state index in [0.717, 1.165) is 13.0 Å². The topological polar surface area (TPSA) is 61.4 Å². The third-order valence-corrected chi connectivity index (χ3v) is 3.50. The quantitative estimate of drug-likeness (QED) is 0.646. The van der Waals surface area contributed by atoms with Crippen LogP contribution in [-0.2, 0) is 9.59 Å². The van der Waals surface area contributed by atoms with E-state index in [2.05, 4.69) is 17.6 Å². The maximum Gasteiger partial charge on any atom is 0.243 e. The van der Waals surface area contributed by atoms with Gasteiger partial charge < -0.3 is 15.5 Å². The molecular formula is C11H19N3O2. The van der Waals surface area contributed by atoms with E-state index in [-0.39, 0.29) is 23.8 Å². The van der Waals surface area contributed by atoms with E-state index >= 15 is 0 Å². The molecule has 0 bridgehead atoms. The molecule has 5 nitrogen and oxygen atoms in total. The summed E-state index contributed by atoms with van der Waals surface area (Å²) in [6, 6.07) is -0.334. The number of amides is 2. The normalized spacial score (nSPS) is 33.4. The van der Waals surface area contributed by atoms with Gasteiger partial charge in [-0.1, -0.05) is 6.92 Å². The summed E-state index contributed by atoms with van der Waals surface area (Å²) in [6.07, 6.45) is 0.975. The molecule has 1 aliphatic carbocycles. The molecule has 0 spiro atoms. The standard InChI is InChI=1S/C11H19N3O2/c1-7-5-8(7)11(16)14-4-3-13-6-9(14)10(15)12-2/h7-9,13H,3-6H2,1-2H3,(H,12,15). The molecule has 1 aliphatic heterocycles. The van der Waals surface area contributed by atoms with Crippen molar-refractivity contribution in [3.05, 3.63) is 0 Å². The summed E-state index contributed by atoms with van der Waals surface area (Å²) >= 11 is 0. The molecule has 0 aromatic carbocycles. The molecule has 2 N–H and O–H groups in total. The smallest absolute Gasteiger partial charge is 0.243 e. The molecule has 0 radical (unpaired) electrons. The Morgan fingerprint density at radius 3 is 2.69 bits per heavy atom. The molecule has 1 saturated heterocycles. The molecule has 2 rings (SSSR count). The highest BCUT2D eigenvalue weighted by Crippen LogP contribution is 2.39. The predicted molar refractivity (Wildman–Crippen MR) is 59.7 cm³/mol. The number of carbonyl (C=O) groups is 2. The molecule has 2 fully saturated rings. The zero-order valence-corrected chi connectivity index (χ0v) is 9.82. The minimum Gasteiger partial charge on any atom is -0.357 e. The van der Waals surface area contributed by atoms with Crippen molar-refractivity contribution < 1.29 is 9.59 Å². The Bertz CT molecular complexity index is 306. The van der Waals surface area contributed by atoms with Crippen molar-refractivity contribution >= 4 is 11.8 Å². The van der Waals surface area contributed by atoms with Gasteiger partial charge in [-0.25, -0.2) is 0 Å². The molecule has 1 heterocycles. The number of piperazine rings is 1. The summed E-state index contributed by atoms with van der Waals surface area (Å²) < 4.78 is 0. The van der Waals surface area contributed by atoms with E-state index in [1.807, 2.05) is 0 Å². The summed E-state index contributed by atoms with van der Waals surface area (Å²) in [5, 5.41) is 5.77. The van der Waals surface area contributed by atoms with Crippen molar-refractivity contribution in [2.24, 2.45) is 11.8 Å². The van der Waals surface area contributed by atoms with Crippen LogP contribution in [-0.4, -0.2) is 49.4 Å². The van der Waals surface area contributed by atoms with Gasteiger partial charge in [0.15, 0.2) is 0 Å². The Morgan fingerprint density at radius 2 is 2.12 bits per heavy atom. The fourth-order valence-corrected chi connectivity index (χ4v) is 2.25. The summed E-state index contributed by atoms with van der Waals surface area (Å²) in [5.74, 6) is 0.731. The summed E-state index contributed by atoms with van der Waals surface area (Å²) in [5.41, 5.74) is 0. The molecule has 0 aromatic rings. The lowest BCUT2D eigenvalue weighted by Gasteiger charge is -2.35. The minimum absolute atomic E-state index is 0.0751. The Kier molecular flexibility index (Phi) is 3.14. The number of hydrogen-bond donors (Lipinski definition) is 2. The van der Waals surface area contributed by atoms with Crippen LogP contribution in [0.2, 0.25) is 0 Å². The Labute approximate surface area is 95.6 Å². The lowest BCUT2D eigenvalue weighted by atomic mass is 10.1. The van der Waals surface area contributed by atoms with Crippen LogP contribution in [0.15, 0.2) is 0 Å². The summed E-state index contributed by atoms with van der Waals surface area (Å²) in [4.78, 5) is 25.5. The maximum atomic E-state index is 12.1. The van der Waals surface area contributed by atoms with Crippen molar-refractivity contribution in [1.82, 2.24) is 15.5 Å². The van der Waals surface area contributed by atoms with Gasteiger partial charge in [-0.3, -0.25) is 9.59 Å². The van der Waals surface area contributed by atoms with Gasteiger partial charge in [0, 0.05) is 32.6 Å². The van der Waals surface area contributed by atoms with E-state index in [1.165, 1.54) is 0 Å². The van der Waals surface area contributed by atoms with Crippen LogP contribution < -0.4 is 10.6 Å². The predicted octanol–water partition coefficient (Wildman–Crippen LogP) is -0.811. The average molecular weight is 225 g/mol. The SMILES string of the molecule is CNC(=O)C1CNCCN1C(=O)C1CC1C. The number of nitrogens with one attached hydrogen (secondary N) is 2. The van der Waals surface area contributed by atoms with Gasteiger partial charge in [-0.05, 0) is 12.3 Å². The number of likely N-dealkylation sites (N-methyl/N-ethyl adjacent to an activating group) is 1. The average Bonchev–Trinajstić information content (AvgIpc) is 3.04. The van der Waals surface area contributed by atoms with Crippen molar-refractivity contribution in [2.75, 3.05) is 26.7 Å². The molecule has 2 aliphatic rings. The van der Waals surface area contributed by atoms with Crippen LogP contribution in [0, 0.1) is 11.8 Å². The molecule has 3 unspecified atom stereocenters. The number of carbonyl (C=O) groups excluding carboxylic acids is 2. The lowest BCUT2D eigenvalue weighted by molar-refractivity contribution is -0.142. The number of nitrogens with zero attached hydrogens (tertiary/aromatic N) is 1. The second-order valence-electron chi connectivity index (χ2n) is 4.69. The highest BCUT2D eigenvalue weighted by Gasteiger charge is 2.44. The maximum absolute atomic E-state index is 12.1. The largest absolute Gasteiger partial charge is 0.357 e. The molecule has 2 amide bonds. The van der Waals surface area contributed by atoms with E-state index in [1.54, 1.807) is 11.9 Å². The van der Waals surface area contributed by atoms with Gasteiger partial charge in [0.2, 0.25) is 11.8 Å². The van der Waals surface area contributed by atoms with Crippen molar-refractivity contribution in [2.45, 2.75) is 19.4 Å². The van der Waals surface area contributed by atoms with Crippen LogP contribution in [0.25, 0.3) is 0 Å². The zero-order chi connectivity index (χ0) is 11.7. The van der Waals surface area contributed by atoms with E-state index in [4.69, 9.17) is 0 Å². The van der Waals surface area contributed by atoms with Gasteiger partial charge in [0.05, 0.1) is 0 Å². The molecule has 3 atom stereocenters. The first-order valence-corrected chi connectivity index (χ1v) is 5.88. The van der Waals surface area contributed by atoms with E-state index in [0.29, 0.717) is 19.0 Å². The van der Waals surface area contributed by atoms with Gasteiger partial charge in [0.25, 0.3) is 0 Å². The van der Waals surface area contributed by atoms with Crippen molar-refractivity contribution in [3.8, 4) is 0 Å². The molecule has 90 valence electrons. The highest BCUT2D eigenvalue weighted by molar-refractivity contribution is 5.90. The summed E-state index contributed by atoms with van der Waals surface area (Å²) in [6.45, 7) is 4.06. The Hall–Kier alpha value is -1.10. The minimum atomic E-state index is -0.334. The fourth-order valence-electron chi connectivity index (χ4n) is 2.25. The lowest BCUT2D eigenvalue weighted by Crippen LogP contribution is -2.59. The van der Waals surface area contributed by atoms with Gasteiger partial charge >= 0.3 is 0 Å². The van der Waals surface area contributed by atoms with Crippen molar-refractivity contribution in [1.29, 1.82) is 0 Å². The second kappa shape index (κ2) is 4.41. The molecule has 16 heavy (non-hydrogen) atoms. The molecular weight excluding hydrogens is 206 g/mol. The third kappa shape index (κ3) is 2.04. The first kappa shape index (κ1) is 11.4. The van der Waals surface area contributed by atoms with Crippen LogP contribution in [0.1, 0.15) is 13.3 Å². The Balaban J connectivity index is 2.04. The molecule has 1 saturated carbocycles. The first-order chi connectivity index (χ1) is 7.65. The highest BCUT2D eigenvalue weighted by atomic mass is 16.2. The van der Waals surface area contributed by atoms with E-state index in [9.17, 15) is 9.59 Å². The van der Waals surface area contributed by atoms with Crippen LogP contribution in [0.5, 0.6) is 0 Å². The van der Waals surface area contributed by atoms with Crippen LogP contribution in [0.4, 0.5) is 0 Å². The fraction of sp³-hybridized carbons (Fsp3) is 0.818. The Morgan fingerprint density at radius 1 is 1.44 bits per heavy atom. The van der Waals surface area contributed by atoms with E-state index < -0.39 is 0 Å². The molecule has 0 aromatic heterocycles. The van der Waals surface area contributed by atoms with Gasteiger partial charge in [-0.15, -0.1) is 0 Å². The number of rotatable bonds is 2.